The van der Waals surface area contributed by atoms with Gasteiger partial charge < -0.3 is 19.8 Å². The molecule has 7 nitrogen and oxygen atoms in total. The fourth-order valence-corrected chi connectivity index (χ4v) is 3.01. The van der Waals surface area contributed by atoms with Gasteiger partial charge in [-0.2, -0.15) is 0 Å². The molecule has 0 bridgehead atoms. The van der Waals surface area contributed by atoms with Crippen molar-refractivity contribution in [2.24, 2.45) is 0 Å². The zero-order chi connectivity index (χ0) is 19.2. The summed E-state index contributed by atoms with van der Waals surface area (Å²) >= 11 is 0. The lowest BCUT2D eigenvalue weighted by molar-refractivity contribution is 0.0144. The first-order valence-corrected chi connectivity index (χ1v) is 9.21. The highest BCUT2D eigenvalue weighted by Gasteiger charge is 2.25. The second-order valence-electron chi connectivity index (χ2n) is 7.69. The highest BCUT2D eigenvalue weighted by Crippen LogP contribution is 2.13. The van der Waals surface area contributed by atoms with Crippen molar-refractivity contribution in [3.8, 4) is 0 Å². The summed E-state index contributed by atoms with van der Waals surface area (Å²) in [7, 11) is 0. The predicted octanol–water partition coefficient (Wildman–Crippen LogP) is 1.55. The molecule has 1 aliphatic rings. The van der Waals surface area contributed by atoms with Gasteiger partial charge in [-0.15, -0.1) is 0 Å². The van der Waals surface area contributed by atoms with E-state index in [4.69, 9.17) is 4.74 Å². The van der Waals surface area contributed by atoms with E-state index in [0.717, 1.165) is 38.0 Å². The minimum absolute atomic E-state index is 0.118. The summed E-state index contributed by atoms with van der Waals surface area (Å²) in [5.74, 6) is 0. The molecule has 0 unspecified atom stereocenters. The minimum Gasteiger partial charge on any atom is -0.444 e. The van der Waals surface area contributed by atoms with Crippen LogP contribution >= 0.6 is 0 Å². The first-order valence-electron chi connectivity index (χ1n) is 9.21. The van der Waals surface area contributed by atoms with E-state index < -0.39 is 5.60 Å². The fraction of sp³-hybridized carbons (Fsp3) is 0.684. The van der Waals surface area contributed by atoms with Crippen LogP contribution < -0.4 is 0 Å². The summed E-state index contributed by atoms with van der Waals surface area (Å²) < 4.78 is 5.42. The topological polar surface area (TPSA) is 86.1 Å². The zero-order valence-corrected chi connectivity index (χ0v) is 16.1. The fourth-order valence-electron chi connectivity index (χ4n) is 3.01. The van der Waals surface area contributed by atoms with Crippen LogP contribution in [-0.2, 0) is 24.4 Å². The molecule has 26 heavy (non-hydrogen) atoms. The van der Waals surface area contributed by atoms with Gasteiger partial charge in [-0.3, -0.25) is 9.88 Å². The molecule has 7 heteroatoms. The molecule has 0 radical (unpaired) electrons. The highest BCUT2D eigenvalue weighted by atomic mass is 16.6. The molecule has 1 aromatic heterocycles. The molecule has 1 aromatic rings. The van der Waals surface area contributed by atoms with Crippen molar-refractivity contribution in [3.05, 3.63) is 29.1 Å². The average Bonchev–Trinajstić information content (AvgIpc) is 2.60. The largest absolute Gasteiger partial charge is 0.444 e. The summed E-state index contributed by atoms with van der Waals surface area (Å²) in [6.07, 6.45) is 1.61. The Morgan fingerprint density at radius 1 is 1.12 bits per heavy atom. The monoisotopic (exact) mass is 365 g/mol. The third kappa shape index (κ3) is 6.55. The summed E-state index contributed by atoms with van der Waals surface area (Å²) in [6, 6.07) is 3.78. The van der Waals surface area contributed by atoms with Crippen molar-refractivity contribution in [1.29, 1.82) is 0 Å². The minimum atomic E-state index is -0.459. The van der Waals surface area contributed by atoms with Gasteiger partial charge in [0.25, 0.3) is 0 Å². The van der Waals surface area contributed by atoms with Crippen LogP contribution in [0.5, 0.6) is 0 Å². The number of hydrogen-bond acceptors (Lipinski definition) is 6. The Bertz CT molecular complexity index is 571. The molecule has 146 valence electrons. The molecule has 0 atom stereocenters. The van der Waals surface area contributed by atoms with Crippen LogP contribution in [0.4, 0.5) is 4.79 Å². The molecule has 0 spiro atoms. The Balaban J connectivity index is 1.74. The van der Waals surface area contributed by atoms with Crippen molar-refractivity contribution >= 4 is 6.09 Å². The second-order valence-corrected chi connectivity index (χ2v) is 7.69. The molecular weight excluding hydrogens is 334 g/mol. The van der Waals surface area contributed by atoms with Crippen LogP contribution in [0, 0.1) is 0 Å². The summed E-state index contributed by atoms with van der Waals surface area (Å²) in [6.45, 7) is 9.42. The van der Waals surface area contributed by atoms with Gasteiger partial charge in [0, 0.05) is 26.2 Å². The average molecular weight is 365 g/mol. The molecule has 1 aliphatic heterocycles. The van der Waals surface area contributed by atoms with E-state index in [0.29, 0.717) is 24.5 Å². The van der Waals surface area contributed by atoms with E-state index in [-0.39, 0.29) is 19.3 Å². The first kappa shape index (κ1) is 20.6. The van der Waals surface area contributed by atoms with E-state index in [9.17, 15) is 15.0 Å². The number of aryl methyl sites for hydroxylation is 1. The standard InChI is InChI=1S/C19H31N3O4/c1-19(2,3)26-18(25)22-9-7-21(8-10-22)6-4-5-15-11-16(13-23)20-17(12-15)14-24/h11-12,23-24H,4-10,13-14H2,1-3H3. The number of aliphatic hydroxyl groups is 2. The van der Waals surface area contributed by atoms with E-state index in [1.807, 2.05) is 32.9 Å². The van der Waals surface area contributed by atoms with Gasteiger partial charge in [0.2, 0.25) is 0 Å². The summed E-state index contributed by atoms with van der Waals surface area (Å²) in [4.78, 5) is 20.4. The predicted molar refractivity (Wildman–Crippen MR) is 98.7 cm³/mol. The number of ether oxygens (including phenoxy) is 1. The van der Waals surface area contributed by atoms with Crippen LogP contribution in [-0.4, -0.2) is 69.4 Å². The van der Waals surface area contributed by atoms with Gasteiger partial charge in [-0.25, -0.2) is 4.79 Å². The number of hydrogen-bond donors (Lipinski definition) is 2. The lowest BCUT2D eigenvalue weighted by Crippen LogP contribution is -2.50. The molecule has 0 aromatic carbocycles. The Kier molecular flexibility index (Phi) is 7.37. The maximum absolute atomic E-state index is 12.1. The normalized spacial score (nSPS) is 16.0. The summed E-state index contributed by atoms with van der Waals surface area (Å²) in [5, 5.41) is 18.5. The van der Waals surface area contributed by atoms with E-state index in [1.54, 1.807) is 4.90 Å². The van der Waals surface area contributed by atoms with Crippen molar-refractivity contribution in [3.63, 3.8) is 0 Å². The lowest BCUT2D eigenvalue weighted by atomic mass is 10.1. The maximum atomic E-state index is 12.1. The van der Waals surface area contributed by atoms with Crippen molar-refractivity contribution in [1.82, 2.24) is 14.8 Å². The van der Waals surface area contributed by atoms with Gasteiger partial charge >= 0.3 is 6.09 Å². The van der Waals surface area contributed by atoms with Crippen LogP contribution in [0.3, 0.4) is 0 Å². The molecule has 2 N–H and O–H groups in total. The van der Waals surface area contributed by atoms with Gasteiger partial charge in [-0.05, 0) is 57.9 Å². The van der Waals surface area contributed by atoms with Crippen LogP contribution in [0.1, 0.15) is 44.1 Å². The smallest absolute Gasteiger partial charge is 0.410 e. The zero-order valence-electron chi connectivity index (χ0n) is 16.1. The second kappa shape index (κ2) is 9.30. The molecule has 1 saturated heterocycles. The molecule has 1 amide bonds. The molecule has 2 heterocycles. The van der Waals surface area contributed by atoms with Crippen LogP contribution in [0.15, 0.2) is 12.1 Å². The quantitative estimate of drug-likeness (QED) is 0.796. The highest BCUT2D eigenvalue weighted by molar-refractivity contribution is 5.68. The number of carbonyl (C=O) groups excluding carboxylic acids is 1. The molecular formula is C19H31N3O4. The third-order valence-electron chi connectivity index (χ3n) is 4.28. The number of rotatable bonds is 6. The molecule has 2 rings (SSSR count). The van der Waals surface area contributed by atoms with E-state index in [2.05, 4.69) is 9.88 Å². The van der Waals surface area contributed by atoms with Gasteiger partial charge in [0.05, 0.1) is 24.6 Å². The number of nitrogens with zero attached hydrogens (tertiary/aromatic N) is 3. The number of carbonyl (C=O) groups is 1. The SMILES string of the molecule is CC(C)(C)OC(=O)N1CCN(CCCc2cc(CO)nc(CO)c2)CC1. The van der Waals surface area contributed by atoms with Crippen molar-refractivity contribution in [2.75, 3.05) is 32.7 Å². The van der Waals surface area contributed by atoms with Crippen molar-refractivity contribution < 1.29 is 19.7 Å². The Morgan fingerprint density at radius 3 is 2.19 bits per heavy atom. The van der Waals surface area contributed by atoms with Gasteiger partial charge in [0.15, 0.2) is 0 Å². The molecule has 0 saturated carbocycles. The van der Waals surface area contributed by atoms with E-state index >= 15 is 0 Å². The maximum Gasteiger partial charge on any atom is 0.410 e. The third-order valence-corrected chi connectivity index (χ3v) is 4.28. The Hall–Kier alpha value is -1.70. The molecule has 0 aliphatic carbocycles. The first-order chi connectivity index (χ1) is 12.3. The number of pyridine rings is 1. The summed E-state index contributed by atoms with van der Waals surface area (Å²) in [5.41, 5.74) is 1.81. The lowest BCUT2D eigenvalue weighted by Gasteiger charge is -2.35. The Morgan fingerprint density at radius 2 is 1.69 bits per heavy atom. The van der Waals surface area contributed by atoms with E-state index in [1.165, 1.54) is 0 Å². The van der Waals surface area contributed by atoms with Gasteiger partial charge in [0.1, 0.15) is 5.60 Å². The number of aliphatic hydroxyl groups excluding tert-OH is 2. The Labute approximate surface area is 155 Å². The van der Waals surface area contributed by atoms with Crippen molar-refractivity contribution in [2.45, 2.75) is 52.4 Å². The van der Waals surface area contributed by atoms with Gasteiger partial charge in [-0.1, -0.05) is 0 Å². The number of piperazine rings is 1. The number of aromatic nitrogens is 1. The number of amides is 1. The molecule has 1 fully saturated rings. The van der Waals surface area contributed by atoms with Crippen LogP contribution in [0.25, 0.3) is 0 Å². The van der Waals surface area contributed by atoms with Crippen LogP contribution in [0.2, 0.25) is 0 Å².